The standard InChI is InChI=1S/C7H13N.ClH/c1-7-4-3-5-8(2)6-7;/h4H,3,5-6H2,1-2H3;1H. The first-order chi connectivity index (χ1) is 3.79. The third-order valence-corrected chi connectivity index (χ3v) is 1.64. The maximum absolute atomic E-state index is 2.34. The lowest BCUT2D eigenvalue weighted by Gasteiger charge is -2.17. The average Bonchev–Trinajstić information content (AvgIpc) is 1.64. The molecule has 9 heavy (non-hydrogen) atoms. The zero-order valence-corrected chi connectivity index (χ0v) is 6.83. The third kappa shape index (κ3) is 2.87. The Morgan fingerprint density at radius 1 is 1.56 bits per heavy atom. The van der Waals surface area contributed by atoms with Gasteiger partial charge in [0.1, 0.15) is 0 Å². The molecule has 0 aromatic carbocycles. The number of rotatable bonds is 0. The van der Waals surface area contributed by atoms with Crippen LogP contribution in [0.25, 0.3) is 0 Å². The summed E-state index contributed by atoms with van der Waals surface area (Å²) in [6.07, 6.45) is 3.62. The van der Waals surface area contributed by atoms with Crippen molar-refractivity contribution in [2.24, 2.45) is 0 Å². The number of nitrogens with one attached hydrogen (secondary N) is 1. The molecule has 1 N–H and O–H groups in total. The van der Waals surface area contributed by atoms with Crippen molar-refractivity contribution in [3.05, 3.63) is 11.6 Å². The molecule has 1 atom stereocenters. The molecule has 0 aliphatic carbocycles. The van der Waals surface area contributed by atoms with Crippen LogP contribution in [0.5, 0.6) is 0 Å². The molecule has 1 unspecified atom stereocenters. The summed E-state index contributed by atoms with van der Waals surface area (Å²) in [6.45, 7) is 4.78. The van der Waals surface area contributed by atoms with Crippen LogP contribution in [0.1, 0.15) is 13.3 Å². The van der Waals surface area contributed by atoms with Crippen LogP contribution in [0.3, 0.4) is 0 Å². The molecule has 1 heterocycles. The van der Waals surface area contributed by atoms with Crippen molar-refractivity contribution in [1.82, 2.24) is 0 Å². The van der Waals surface area contributed by atoms with E-state index in [4.69, 9.17) is 0 Å². The van der Waals surface area contributed by atoms with E-state index in [1.807, 2.05) is 0 Å². The van der Waals surface area contributed by atoms with E-state index in [1.54, 1.807) is 10.5 Å². The van der Waals surface area contributed by atoms with Gasteiger partial charge in [0.05, 0.1) is 20.1 Å². The molecule has 0 aromatic rings. The second-order valence-electron chi connectivity index (χ2n) is 2.72. The van der Waals surface area contributed by atoms with Crippen LogP contribution >= 0.6 is 0 Å². The first kappa shape index (κ1) is 8.99. The number of likely N-dealkylation sites (N-methyl/N-ethyl adjacent to an activating group) is 1. The Kier molecular flexibility index (Phi) is 3.91. The largest absolute Gasteiger partial charge is 1.00 e. The summed E-state index contributed by atoms with van der Waals surface area (Å²) in [5, 5.41) is 0. The Morgan fingerprint density at radius 3 is 2.56 bits per heavy atom. The molecule has 0 aromatic heterocycles. The van der Waals surface area contributed by atoms with Crippen LogP contribution in [-0.4, -0.2) is 20.1 Å². The highest BCUT2D eigenvalue weighted by Crippen LogP contribution is 1.93. The van der Waals surface area contributed by atoms with Crippen LogP contribution in [0.4, 0.5) is 0 Å². The molecule has 1 aliphatic rings. The van der Waals surface area contributed by atoms with Crippen LogP contribution in [-0.2, 0) is 0 Å². The molecule has 0 bridgehead atoms. The first-order valence-corrected chi connectivity index (χ1v) is 3.26. The molecule has 54 valence electrons. The third-order valence-electron chi connectivity index (χ3n) is 1.64. The second kappa shape index (κ2) is 3.91. The molecular weight excluding hydrogens is 134 g/mol. The molecule has 0 spiro atoms. The van der Waals surface area contributed by atoms with Gasteiger partial charge in [0.25, 0.3) is 0 Å². The van der Waals surface area contributed by atoms with Gasteiger partial charge < -0.3 is 17.3 Å². The lowest BCUT2D eigenvalue weighted by atomic mass is 10.2. The smallest absolute Gasteiger partial charge is 0.0983 e. The minimum atomic E-state index is 0. The Hall–Kier alpha value is -0.0100. The molecule has 1 rings (SSSR count). The van der Waals surface area contributed by atoms with Gasteiger partial charge >= 0.3 is 0 Å². The summed E-state index contributed by atoms with van der Waals surface area (Å²) in [7, 11) is 2.25. The lowest BCUT2D eigenvalue weighted by Crippen LogP contribution is -3.09. The predicted octanol–water partition coefficient (Wildman–Crippen LogP) is -3.14. The summed E-state index contributed by atoms with van der Waals surface area (Å²) in [6, 6.07) is 0. The SMILES string of the molecule is CC1=CCC[NH+](C)C1.[Cl-]. The highest BCUT2D eigenvalue weighted by Gasteiger charge is 2.05. The fourth-order valence-corrected chi connectivity index (χ4v) is 1.20. The summed E-state index contributed by atoms with van der Waals surface area (Å²) in [5.74, 6) is 0. The number of halogens is 1. The normalized spacial score (nSPS) is 26.4. The Labute approximate surface area is 63.1 Å². The van der Waals surface area contributed by atoms with E-state index >= 15 is 0 Å². The maximum atomic E-state index is 2.34. The molecule has 0 saturated heterocycles. The summed E-state index contributed by atoms with van der Waals surface area (Å²) >= 11 is 0. The van der Waals surface area contributed by atoms with Gasteiger partial charge in [-0.25, -0.2) is 0 Å². The lowest BCUT2D eigenvalue weighted by molar-refractivity contribution is -0.875. The molecule has 0 amide bonds. The molecule has 1 nitrogen and oxygen atoms in total. The van der Waals surface area contributed by atoms with Crippen LogP contribution in [0.15, 0.2) is 11.6 Å². The molecule has 0 radical (unpaired) electrons. The Balaban J connectivity index is 0.000000640. The van der Waals surface area contributed by atoms with Gasteiger partial charge in [-0.1, -0.05) is 6.08 Å². The number of hydrogen-bond acceptors (Lipinski definition) is 0. The van der Waals surface area contributed by atoms with E-state index in [2.05, 4.69) is 20.0 Å². The molecule has 2 heteroatoms. The zero-order chi connectivity index (χ0) is 5.98. The maximum Gasteiger partial charge on any atom is 0.0983 e. The van der Waals surface area contributed by atoms with Gasteiger partial charge in [-0.2, -0.15) is 0 Å². The fourth-order valence-electron chi connectivity index (χ4n) is 1.20. The minimum Gasteiger partial charge on any atom is -1.00 e. The zero-order valence-electron chi connectivity index (χ0n) is 6.08. The molecular formula is C7H14ClN. The van der Waals surface area contributed by atoms with Crippen molar-refractivity contribution in [3.63, 3.8) is 0 Å². The summed E-state index contributed by atoms with van der Waals surface area (Å²) in [4.78, 5) is 1.64. The van der Waals surface area contributed by atoms with Crippen molar-refractivity contribution < 1.29 is 17.3 Å². The van der Waals surface area contributed by atoms with Gasteiger partial charge in [-0.3, -0.25) is 0 Å². The second-order valence-corrected chi connectivity index (χ2v) is 2.72. The molecule has 0 fully saturated rings. The summed E-state index contributed by atoms with van der Waals surface area (Å²) in [5.41, 5.74) is 1.55. The van der Waals surface area contributed by atoms with E-state index in [0.29, 0.717) is 0 Å². The van der Waals surface area contributed by atoms with Crippen molar-refractivity contribution in [2.75, 3.05) is 20.1 Å². The Bertz CT molecular complexity index is 109. The first-order valence-electron chi connectivity index (χ1n) is 3.26. The van der Waals surface area contributed by atoms with E-state index in [9.17, 15) is 0 Å². The number of quaternary nitrogens is 1. The van der Waals surface area contributed by atoms with Gasteiger partial charge in [-0.05, 0) is 12.5 Å². The predicted molar refractivity (Wildman–Crippen MR) is 35.0 cm³/mol. The number of hydrogen-bond donors (Lipinski definition) is 1. The van der Waals surface area contributed by atoms with Crippen molar-refractivity contribution in [2.45, 2.75) is 13.3 Å². The topological polar surface area (TPSA) is 4.44 Å². The van der Waals surface area contributed by atoms with E-state index < -0.39 is 0 Å². The minimum absolute atomic E-state index is 0. The summed E-state index contributed by atoms with van der Waals surface area (Å²) < 4.78 is 0. The molecule has 1 aliphatic heterocycles. The van der Waals surface area contributed by atoms with Crippen LogP contribution in [0, 0.1) is 0 Å². The van der Waals surface area contributed by atoms with Gasteiger partial charge in [0, 0.05) is 6.42 Å². The molecule has 0 saturated carbocycles. The van der Waals surface area contributed by atoms with E-state index in [1.165, 1.54) is 19.5 Å². The van der Waals surface area contributed by atoms with Crippen molar-refractivity contribution >= 4 is 0 Å². The van der Waals surface area contributed by atoms with Gasteiger partial charge in [-0.15, -0.1) is 0 Å². The highest BCUT2D eigenvalue weighted by molar-refractivity contribution is 4.99. The van der Waals surface area contributed by atoms with Crippen molar-refractivity contribution in [3.8, 4) is 0 Å². The van der Waals surface area contributed by atoms with Crippen LogP contribution < -0.4 is 17.3 Å². The highest BCUT2D eigenvalue weighted by atomic mass is 35.5. The quantitative estimate of drug-likeness (QED) is 0.346. The van der Waals surface area contributed by atoms with Crippen molar-refractivity contribution in [1.29, 1.82) is 0 Å². The van der Waals surface area contributed by atoms with E-state index in [0.717, 1.165) is 0 Å². The van der Waals surface area contributed by atoms with Crippen LogP contribution in [0.2, 0.25) is 0 Å². The Morgan fingerprint density at radius 2 is 2.22 bits per heavy atom. The fraction of sp³-hybridized carbons (Fsp3) is 0.714. The average molecular weight is 148 g/mol. The monoisotopic (exact) mass is 147 g/mol. The van der Waals surface area contributed by atoms with Gasteiger partial charge in [0.2, 0.25) is 0 Å². The van der Waals surface area contributed by atoms with Gasteiger partial charge in [0.15, 0.2) is 0 Å². The van der Waals surface area contributed by atoms with E-state index in [-0.39, 0.29) is 12.4 Å².